The molecule has 1 aliphatic heterocycles. The van der Waals surface area contributed by atoms with Crippen LogP contribution >= 0.6 is 0 Å². The molecule has 0 aromatic carbocycles. The molecule has 3 nitrogen and oxygen atoms in total. The first-order chi connectivity index (χ1) is 4.09. The van der Waals surface area contributed by atoms with Gasteiger partial charge in [-0.2, -0.15) is 0 Å². The third-order valence-corrected chi connectivity index (χ3v) is 1.73. The Hall–Kier alpha value is -0.410. The van der Waals surface area contributed by atoms with Crippen molar-refractivity contribution in [3.05, 3.63) is 0 Å². The molecule has 0 aliphatic carbocycles. The molecule has 0 aromatic heterocycles. The van der Waals surface area contributed by atoms with Crippen LogP contribution in [-0.4, -0.2) is 29.2 Å². The Balaban J connectivity index is 2.63. The number of carbonyl (C=O) groups excluding carboxylic acids is 1. The number of aliphatic hydroxyl groups excluding tert-OH is 1. The van der Waals surface area contributed by atoms with Crippen molar-refractivity contribution in [2.75, 3.05) is 6.61 Å². The first kappa shape index (κ1) is 6.71. The summed E-state index contributed by atoms with van der Waals surface area (Å²) in [7, 11) is 0. The van der Waals surface area contributed by atoms with E-state index in [1.807, 2.05) is 0 Å². The standard InChI is InChI=1S/C6H10O3/c1-4(7)6(3-9-6)5(2)8/h4,7H,3H2,1-2H3/t4-,6+/m0/s1. The van der Waals surface area contributed by atoms with Crippen molar-refractivity contribution >= 4 is 5.78 Å². The highest BCUT2D eigenvalue weighted by Gasteiger charge is 2.53. The molecule has 0 spiro atoms. The van der Waals surface area contributed by atoms with Crippen molar-refractivity contribution < 1.29 is 14.6 Å². The van der Waals surface area contributed by atoms with Gasteiger partial charge in [0.1, 0.15) is 0 Å². The van der Waals surface area contributed by atoms with Crippen LogP contribution in [0.5, 0.6) is 0 Å². The lowest BCUT2D eigenvalue weighted by Gasteiger charge is -2.09. The summed E-state index contributed by atoms with van der Waals surface area (Å²) < 4.78 is 4.82. The smallest absolute Gasteiger partial charge is 0.174 e. The van der Waals surface area contributed by atoms with Gasteiger partial charge in [0.25, 0.3) is 0 Å². The first-order valence-corrected chi connectivity index (χ1v) is 2.92. The van der Waals surface area contributed by atoms with Gasteiger partial charge in [-0.05, 0) is 13.8 Å². The lowest BCUT2D eigenvalue weighted by atomic mass is 10.0. The van der Waals surface area contributed by atoms with Crippen LogP contribution < -0.4 is 0 Å². The van der Waals surface area contributed by atoms with Gasteiger partial charge in [-0.1, -0.05) is 0 Å². The molecule has 0 aromatic rings. The Morgan fingerprint density at radius 2 is 2.33 bits per heavy atom. The summed E-state index contributed by atoms with van der Waals surface area (Å²) in [5.74, 6) is -0.0856. The van der Waals surface area contributed by atoms with Gasteiger partial charge in [-0.25, -0.2) is 0 Å². The number of hydrogen-bond donors (Lipinski definition) is 1. The molecule has 1 rings (SSSR count). The Labute approximate surface area is 53.6 Å². The van der Waals surface area contributed by atoms with Gasteiger partial charge in [0.15, 0.2) is 11.4 Å². The normalized spacial score (nSPS) is 35.9. The fraction of sp³-hybridized carbons (Fsp3) is 0.833. The Kier molecular flexibility index (Phi) is 1.33. The van der Waals surface area contributed by atoms with Crippen LogP contribution in [0.2, 0.25) is 0 Å². The van der Waals surface area contributed by atoms with Crippen molar-refractivity contribution in [1.29, 1.82) is 0 Å². The third kappa shape index (κ3) is 0.862. The topological polar surface area (TPSA) is 49.8 Å². The molecule has 1 aliphatic rings. The maximum absolute atomic E-state index is 10.7. The lowest BCUT2D eigenvalue weighted by Crippen LogP contribution is -2.34. The van der Waals surface area contributed by atoms with Gasteiger partial charge in [0, 0.05) is 0 Å². The molecule has 1 N–H and O–H groups in total. The summed E-state index contributed by atoms with van der Waals surface area (Å²) in [4.78, 5) is 10.7. The molecule has 0 saturated carbocycles. The number of ketones is 1. The second kappa shape index (κ2) is 1.78. The Morgan fingerprint density at radius 1 is 1.89 bits per heavy atom. The molecule has 2 atom stereocenters. The summed E-state index contributed by atoms with van der Waals surface area (Å²) >= 11 is 0. The molecular weight excluding hydrogens is 120 g/mol. The SMILES string of the molecule is CC(=O)[C@]1([C@H](C)O)CO1. The second-order valence-corrected chi connectivity index (χ2v) is 2.41. The van der Waals surface area contributed by atoms with Crippen molar-refractivity contribution in [1.82, 2.24) is 0 Å². The second-order valence-electron chi connectivity index (χ2n) is 2.41. The van der Waals surface area contributed by atoms with Crippen molar-refractivity contribution in [2.45, 2.75) is 25.6 Å². The molecule has 1 saturated heterocycles. The zero-order valence-corrected chi connectivity index (χ0v) is 5.55. The van der Waals surface area contributed by atoms with E-state index in [1.54, 1.807) is 6.92 Å². The van der Waals surface area contributed by atoms with Crippen LogP contribution in [0.4, 0.5) is 0 Å². The minimum Gasteiger partial charge on any atom is -0.390 e. The summed E-state index contributed by atoms with van der Waals surface area (Å²) in [6, 6.07) is 0. The van der Waals surface area contributed by atoms with E-state index < -0.39 is 11.7 Å². The van der Waals surface area contributed by atoms with E-state index in [9.17, 15) is 4.79 Å². The van der Waals surface area contributed by atoms with Crippen LogP contribution in [0.3, 0.4) is 0 Å². The molecule has 0 unspecified atom stereocenters. The van der Waals surface area contributed by atoms with E-state index in [2.05, 4.69) is 0 Å². The third-order valence-electron chi connectivity index (χ3n) is 1.73. The molecule has 0 bridgehead atoms. The van der Waals surface area contributed by atoms with Crippen LogP contribution in [-0.2, 0) is 9.53 Å². The first-order valence-electron chi connectivity index (χ1n) is 2.92. The predicted molar refractivity (Wildman–Crippen MR) is 31.0 cm³/mol. The lowest BCUT2D eigenvalue weighted by molar-refractivity contribution is -0.125. The van der Waals surface area contributed by atoms with E-state index in [1.165, 1.54) is 6.92 Å². The highest BCUT2D eigenvalue weighted by molar-refractivity contribution is 5.88. The zero-order valence-electron chi connectivity index (χ0n) is 5.55. The summed E-state index contributed by atoms with van der Waals surface area (Å²) in [5, 5.41) is 8.97. The molecule has 9 heavy (non-hydrogen) atoms. The molecular formula is C6H10O3. The maximum Gasteiger partial charge on any atom is 0.174 e. The molecule has 52 valence electrons. The summed E-state index contributed by atoms with van der Waals surface area (Å²) in [5.41, 5.74) is -0.833. The van der Waals surface area contributed by atoms with E-state index in [0.717, 1.165) is 0 Å². The summed E-state index contributed by atoms with van der Waals surface area (Å²) in [6.45, 7) is 3.37. The van der Waals surface area contributed by atoms with Crippen LogP contribution in [0, 0.1) is 0 Å². The molecule has 1 heterocycles. The number of aliphatic hydroxyl groups is 1. The zero-order chi connectivity index (χ0) is 7.07. The van der Waals surface area contributed by atoms with Crippen molar-refractivity contribution in [3.63, 3.8) is 0 Å². The highest BCUT2D eigenvalue weighted by Crippen LogP contribution is 2.31. The highest BCUT2D eigenvalue weighted by atomic mass is 16.6. The van der Waals surface area contributed by atoms with E-state index >= 15 is 0 Å². The van der Waals surface area contributed by atoms with E-state index in [4.69, 9.17) is 9.84 Å². The Morgan fingerprint density at radius 3 is 2.33 bits per heavy atom. The van der Waals surface area contributed by atoms with Gasteiger partial charge in [-0.3, -0.25) is 4.79 Å². The molecule has 1 fully saturated rings. The molecule has 0 radical (unpaired) electrons. The van der Waals surface area contributed by atoms with Gasteiger partial charge in [-0.15, -0.1) is 0 Å². The Bertz CT molecular complexity index is 135. The van der Waals surface area contributed by atoms with E-state index in [-0.39, 0.29) is 5.78 Å². The predicted octanol–water partition coefficient (Wildman–Crippen LogP) is -0.275. The van der Waals surface area contributed by atoms with Gasteiger partial charge in [0.05, 0.1) is 12.7 Å². The summed E-state index contributed by atoms with van der Waals surface area (Å²) in [6.07, 6.45) is -0.671. The number of Topliss-reactive ketones (excluding diaryl/α,β-unsaturated/α-hetero) is 1. The van der Waals surface area contributed by atoms with Crippen molar-refractivity contribution in [2.24, 2.45) is 0 Å². The minimum atomic E-state index is -0.833. The fourth-order valence-electron chi connectivity index (χ4n) is 0.816. The molecule has 0 amide bonds. The number of epoxide rings is 1. The van der Waals surface area contributed by atoms with Crippen LogP contribution in [0.1, 0.15) is 13.8 Å². The van der Waals surface area contributed by atoms with Gasteiger partial charge in [0.2, 0.25) is 0 Å². The fourth-order valence-corrected chi connectivity index (χ4v) is 0.816. The van der Waals surface area contributed by atoms with Gasteiger partial charge >= 0.3 is 0 Å². The minimum absolute atomic E-state index is 0.0856. The maximum atomic E-state index is 10.7. The van der Waals surface area contributed by atoms with Crippen molar-refractivity contribution in [3.8, 4) is 0 Å². The monoisotopic (exact) mass is 130 g/mol. The number of hydrogen-bond acceptors (Lipinski definition) is 3. The largest absolute Gasteiger partial charge is 0.390 e. The number of carbonyl (C=O) groups is 1. The van der Waals surface area contributed by atoms with Crippen LogP contribution in [0.15, 0.2) is 0 Å². The number of ether oxygens (including phenoxy) is 1. The number of rotatable bonds is 2. The van der Waals surface area contributed by atoms with Gasteiger partial charge < -0.3 is 9.84 Å². The average molecular weight is 130 g/mol. The molecule has 3 heteroatoms. The van der Waals surface area contributed by atoms with Crippen LogP contribution in [0.25, 0.3) is 0 Å². The quantitative estimate of drug-likeness (QED) is 0.523. The average Bonchev–Trinajstić information content (AvgIpc) is 2.40. The van der Waals surface area contributed by atoms with E-state index in [0.29, 0.717) is 6.61 Å².